The molecule has 0 aliphatic rings. The molecule has 4 heteroatoms. The summed E-state index contributed by atoms with van der Waals surface area (Å²) >= 11 is 0. The summed E-state index contributed by atoms with van der Waals surface area (Å²) in [5.74, 6) is 1.43. The molecule has 4 atom stereocenters. The first-order valence-electron chi connectivity index (χ1n) is 10.5. The maximum atomic E-state index is 9.73. The summed E-state index contributed by atoms with van der Waals surface area (Å²) in [6.45, 7) is 16.9. The molecule has 160 valence electrons. The first kappa shape index (κ1) is 28.1. The van der Waals surface area contributed by atoms with Crippen LogP contribution in [0.5, 0.6) is 0 Å². The van der Waals surface area contributed by atoms with Crippen molar-refractivity contribution >= 4 is 0 Å². The van der Waals surface area contributed by atoms with Crippen LogP contribution >= 0.6 is 0 Å². The standard InChI is InChI=1S/C12H26O2.C10H22O2/c1-5-7-11(10(6-2)8-13)12(3,4)9-14;1-5-9(6-7-11)8(2)10(3,4)12/h10-11,13-14H,5-9H2,1-4H3;8-9,11-12H,5-7H2,1-4H3. The maximum Gasteiger partial charge on any atom is 0.0619 e. The zero-order valence-corrected chi connectivity index (χ0v) is 18.8. The van der Waals surface area contributed by atoms with Gasteiger partial charge in [0.1, 0.15) is 0 Å². The largest absolute Gasteiger partial charge is 0.396 e. The Balaban J connectivity index is 0. The number of rotatable bonds is 12. The third-order valence-electron chi connectivity index (χ3n) is 6.18. The molecule has 4 nitrogen and oxygen atoms in total. The molecule has 0 rings (SSSR count). The molecular formula is C22H48O4. The van der Waals surface area contributed by atoms with Gasteiger partial charge >= 0.3 is 0 Å². The number of aliphatic hydroxyl groups is 4. The second-order valence-corrected chi connectivity index (χ2v) is 9.02. The Hall–Kier alpha value is -0.160. The highest BCUT2D eigenvalue weighted by Gasteiger charge is 2.33. The highest BCUT2D eigenvalue weighted by Crippen LogP contribution is 2.37. The molecule has 0 fully saturated rings. The van der Waals surface area contributed by atoms with E-state index in [1.54, 1.807) is 0 Å². The molecule has 0 spiro atoms. The summed E-state index contributed by atoms with van der Waals surface area (Å²) < 4.78 is 0. The van der Waals surface area contributed by atoms with Crippen LogP contribution in [-0.2, 0) is 0 Å². The summed E-state index contributed by atoms with van der Waals surface area (Å²) in [5.41, 5.74) is -0.699. The van der Waals surface area contributed by atoms with Crippen molar-refractivity contribution in [2.75, 3.05) is 19.8 Å². The molecule has 0 aromatic rings. The minimum Gasteiger partial charge on any atom is -0.396 e. The van der Waals surface area contributed by atoms with Gasteiger partial charge in [0.2, 0.25) is 0 Å². The van der Waals surface area contributed by atoms with Crippen LogP contribution in [0.1, 0.15) is 87.5 Å². The van der Waals surface area contributed by atoms with Crippen LogP contribution in [0.15, 0.2) is 0 Å². The predicted molar refractivity (Wildman–Crippen MR) is 111 cm³/mol. The molecule has 0 bridgehead atoms. The van der Waals surface area contributed by atoms with E-state index in [-0.39, 0.29) is 31.2 Å². The van der Waals surface area contributed by atoms with Crippen molar-refractivity contribution in [1.29, 1.82) is 0 Å². The Labute approximate surface area is 163 Å². The minimum atomic E-state index is -0.629. The van der Waals surface area contributed by atoms with Crippen molar-refractivity contribution in [3.05, 3.63) is 0 Å². The second kappa shape index (κ2) is 13.9. The van der Waals surface area contributed by atoms with Gasteiger partial charge in [-0.2, -0.15) is 0 Å². The SMILES string of the molecule is CCC(CCO)C(C)C(C)(C)O.CCCC(C(CC)CO)C(C)(C)CO. The van der Waals surface area contributed by atoms with Gasteiger partial charge in [0.05, 0.1) is 5.60 Å². The van der Waals surface area contributed by atoms with Gasteiger partial charge in [0, 0.05) is 19.8 Å². The van der Waals surface area contributed by atoms with E-state index < -0.39 is 5.60 Å². The van der Waals surface area contributed by atoms with Crippen molar-refractivity contribution in [2.24, 2.45) is 29.1 Å². The zero-order chi connectivity index (χ0) is 21.0. The van der Waals surface area contributed by atoms with Gasteiger partial charge in [-0.05, 0) is 55.8 Å². The van der Waals surface area contributed by atoms with Crippen molar-refractivity contribution in [3.8, 4) is 0 Å². The van der Waals surface area contributed by atoms with Gasteiger partial charge in [-0.1, -0.05) is 60.8 Å². The number of hydrogen-bond donors (Lipinski definition) is 4. The molecular weight excluding hydrogens is 328 g/mol. The minimum absolute atomic E-state index is 0.0700. The number of aliphatic hydroxyl groups excluding tert-OH is 3. The normalized spacial score (nSPS) is 17.1. The van der Waals surface area contributed by atoms with Crippen LogP contribution in [0, 0.1) is 29.1 Å². The quantitative estimate of drug-likeness (QED) is 0.411. The monoisotopic (exact) mass is 376 g/mol. The van der Waals surface area contributed by atoms with Gasteiger partial charge in [0.25, 0.3) is 0 Å². The van der Waals surface area contributed by atoms with Gasteiger partial charge in [-0.3, -0.25) is 0 Å². The van der Waals surface area contributed by atoms with Crippen LogP contribution in [0.2, 0.25) is 0 Å². The third kappa shape index (κ3) is 10.2. The maximum absolute atomic E-state index is 9.73. The Morgan fingerprint density at radius 1 is 0.808 bits per heavy atom. The lowest BCUT2D eigenvalue weighted by atomic mass is 9.69. The fourth-order valence-electron chi connectivity index (χ4n) is 3.78. The molecule has 26 heavy (non-hydrogen) atoms. The summed E-state index contributed by atoms with van der Waals surface area (Å²) in [7, 11) is 0. The number of hydrogen-bond acceptors (Lipinski definition) is 4. The first-order chi connectivity index (χ1) is 12.0. The van der Waals surface area contributed by atoms with Crippen molar-refractivity contribution in [2.45, 2.75) is 93.1 Å². The Morgan fingerprint density at radius 3 is 1.58 bits per heavy atom. The summed E-state index contributed by atoms with van der Waals surface area (Å²) in [6.07, 6.45) is 5.01. The van der Waals surface area contributed by atoms with E-state index in [2.05, 4.69) is 34.6 Å². The lowest BCUT2D eigenvalue weighted by molar-refractivity contribution is -0.00745. The molecule has 0 aromatic heterocycles. The molecule has 0 aliphatic heterocycles. The molecule has 0 radical (unpaired) electrons. The van der Waals surface area contributed by atoms with Crippen LogP contribution in [0.25, 0.3) is 0 Å². The van der Waals surface area contributed by atoms with Crippen molar-refractivity contribution in [3.63, 3.8) is 0 Å². The Bertz CT molecular complexity index is 319. The summed E-state index contributed by atoms with van der Waals surface area (Å²) in [6, 6.07) is 0. The van der Waals surface area contributed by atoms with Gasteiger partial charge in [-0.25, -0.2) is 0 Å². The molecule has 0 aromatic carbocycles. The lowest BCUT2D eigenvalue weighted by Crippen LogP contribution is -2.35. The molecule has 0 aliphatic carbocycles. The lowest BCUT2D eigenvalue weighted by Gasteiger charge is -2.37. The predicted octanol–water partition coefficient (Wildman–Crippen LogP) is 4.24. The van der Waals surface area contributed by atoms with Gasteiger partial charge in [-0.15, -0.1) is 0 Å². The van der Waals surface area contributed by atoms with E-state index in [1.165, 1.54) is 0 Å². The molecule has 4 N–H and O–H groups in total. The van der Waals surface area contributed by atoms with Crippen LogP contribution in [0.3, 0.4) is 0 Å². The van der Waals surface area contributed by atoms with E-state index in [0.29, 0.717) is 17.8 Å². The highest BCUT2D eigenvalue weighted by atomic mass is 16.3. The molecule has 0 saturated heterocycles. The Kier molecular flexibility index (Phi) is 15.0. The van der Waals surface area contributed by atoms with Crippen LogP contribution in [0.4, 0.5) is 0 Å². The van der Waals surface area contributed by atoms with Gasteiger partial charge < -0.3 is 20.4 Å². The molecule has 0 heterocycles. The molecule has 0 saturated carbocycles. The van der Waals surface area contributed by atoms with Crippen LogP contribution < -0.4 is 0 Å². The average molecular weight is 377 g/mol. The molecule has 0 amide bonds. The third-order valence-corrected chi connectivity index (χ3v) is 6.18. The fourth-order valence-corrected chi connectivity index (χ4v) is 3.78. The highest BCUT2D eigenvalue weighted by molar-refractivity contribution is 4.82. The Morgan fingerprint density at radius 2 is 1.31 bits per heavy atom. The van der Waals surface area contributed by atoms with E-state index in [4.69, 9.17) is 5.11 Å². The van der Waals surface area contributed by atoms with E-state index in [1.807, 2.05) is 20.8 Å². The van der Waals surface area contributed by atoms with E-state index in [9.17, 15) is 15.3 Å². The first-order valence-corrected chi connectivity index (χ1v) is 10.5. The second-order valence-electron chi connectivity index (χ2n) is 9.02. The topological polar surface area (TPSA) is 80.9 Å². The molecule has 4 unspecified atom stereocenters. The summed E-state index contributed by atoms with van der Waals surface area (Å²) in [4.78, 5) is 0. The van der Waals surface area contributed by atoms with Crippen LogP contribution in [-0.4, -0.2) is 45.8 Å². The van der Waals surface area contributed by atoms with Gasteiger partial charge in [0.15, 0.2) is 0 Å². The van der Waals surface area contributed by atoms with E-state index >= 15 is 0 Å². The smallest absolute Gasteiger partial charge is 0.0619 e. The average Bonchev–Trinajstić information content (AvgIpc) is 2.59. The fraction of sp³-hybridized carbons (Fsp3) is 1.00. The summed E-state index contributed by atoms with van der Waals surface area (Å²) in [5, 5.41) is 37.2. The zero-order valence-electron chi connectivity index (χ0n) is 18.8. The van der Waals surface area contributed by atoms with Crippen molar-refractivity contribution in [1.82, 2.24) is 0 Å². The van der Waals surface area contributed by atoms with E-state index in [0.717, 1.165) is 32.1 Å². The van der Waals surface area contributed by atoms with Crippen molar-refractivity contribution < 1.29 is 20.4 Å².